The van der Waals surface area contributed by atoms with Crippen LogP contribution in [-0.4, -0.2) is 40.5 Å². The van der Waals surface area contributed by atoms with Gasteiger partial charge in [0.15, 0.2) is 0 Å². The summed E-state index contributed by atoms with van der Waals surface area (Å²) in [5.41, 5.74) is 1.12. The summed E-state index contributed by atoms with van der Waals surface area (Å²) in [4.78, 5) is 30.0. The van der Waals surface area contributed by atoms with E-state index in [0.29, 0.717) is 26.1 Å². The van der Waals surface area contributed by atoms with Gasteiger partial charge in [-0.3, -0.25) is 20.0 Å². The number of para-hydroxylation sites is 1. The molecule has 2 aromatic rings. The van der Waals surface area contributed by atoms with E-state index in [9.17, 15) is 9.59 Å². The number of hydrogen-bond acceptors (Lipinski definition) is 5. The zero-order valence-corrected chi connectivity index (χ0v) is 14.3. The number of urea groups is 1. The molecule has 7 heteroatoms. The number of amides is 3. The van der Waals surface area contributed by atoms with Crippen molar-refractivity contribution in [3.8, 4) is 5.75 Å². The molecular formula is C19H20N4O3. The van der Waals surface area contributed by atoms with Gasteiger partial charge in [0.25, 0.3) is 5.91 Å². The largest absolute Gasteiger partial charge is 0.487 e. The van der Waals surface area contributed by atoms with E-state index < -0.39 is 11.6 Å². The van der Waals surface area contributed by atoms with Crippen molar-refractivity contribution in [3.63, 3.8) is 0 Å². The first kappa shape index (κ1) is 16.5. The maximum absolute atomic E-state index is 12.1. The molecule has 1 spiro atoms. The van der Waals surface area contributed by atoms with Crippen LogP contribution in [0.5, 0.6) is 5.75 Å². The Bertz CT molecular complexity index is 827. The highest BCUT2D eigenvalue weighted by Crippen LogP contribution is 2.28. The minimum absolute atomic E-state index is 0.232. The fourth-order valence-corrected chi connectivity index (χ4v) is 3.49. The van der Waals surface area contributed by atoms with E-state index in [0.717, 1.165) is 23.6 Å². The third-order valence-corrected chi connectivity index (χ3v) is 4.83. The highest BCUT2D eigenvalue weighted by molar-refractivity contribution is 6.07. The molecule has 1 atom stereocenters. The summed E-state index contributed by atoms with van der Waals surface area (Å²) < 4.78 is 5.95. The Morgan fingerprint density at radius 3 is 2.77 bits per heavy atom. The Labute approximate surface area is 151 Å². The van der Waals surface area contributed by atoms with Crippen LogP contribution in [-0.2, 0) is 17.9 Å². The molecule has 1 aromatic heterocycles. The van der Waals surface area contributed by atoms with Gasteiger partial charge in [0.05, 0.1) is 5.69 Å². The average molecular weight is 352 g/mol. The Hall–Kier alpha value is -2.93. The number of hydrogen-bond donors (Lipinski definition) is 2. The number of aromatic nitrogens is 1. The van der Waals surface area contributed by atoms with Crippen molar-refractivity contribution in [2.45, 2.75) is 25.1 Å². The predicted octanol–water partition coefficient (Wildman–Crippen LogP) is 1.44. The molecule has 2 saturated heterocycles. The van der Waals surface area contributed by atoms with Crippen LogP contribution < -0.4 is 15.4 Å². The molecule has 2 aliphatic rings. The van der Waals surface area contributed by atoms with Gasteiger partial charge < -0.3 is 10.1 Å². The van der Waals surface area contributed by atoms with Gasteiger partial charge in [-0.1, -0.05) is 24.3 Å². The van der Waals surface area contributed by atoms with Crippen molar-refractivity contribution < 1.29 is 14.3 Å². The van der Waals surface area contributed by atoms with Gasteiger partial charge in [-0.15, -0.1) is 0 Å². The Morgan fingerprint density at radius 1 is 1.15 bits per heavy atom. The first-order valence-electron chi connectivity index (χ1n) is 8.61. The zero-order valence-electron chi connectivity index (χ0n) is 14.3. The molecular weight excluding hydrogens is 332 g/mol. The molecule has 4 rings (SSSR count). The molecule has 0 saturated carbocycles. The first-order valence-corrected chi connectivity index (χ1v) is 8.61. The Morgan fingerprint density at radius 2 is 2.00 bits per heavy atom. The molecule has 2 fully saturated rings. The van der Waals surface area contributed by atoms with E-state index in [1.807, 2.05) is 42.5 Å². The van der Waals surface area contributed by atoms with Crippen LogP contribution in [0.3, 0.4) is 0 Å². The van der Waals surface area contributed by atoms with Crippen molar-refractivity contribution in [2.75, 3.05) is 13.1 Å². The first-order chi connectivity index (χ1) is 12.6. The molecule has 3 amide bonds. The number of carbonyl (C=O) groups is 2. The lowest BCUT2D eigenvalue weighted by Gasteiger charge is -2.22. The van der Waals surface area contributed by atoms with Gasteiger partial charge >= 0.3 is 6.03 Å². The summed E-state index contributed by atoms with van der Waals surface area (Å²) in [5.74, 6) is 0.573. The quantitative estimate of drug-likeness (QED) is 0.796. The van der Waals surface area contributed by atoms with Gasteiger partial charge in [-0.25, -0.2) is 4.79 Å². The van der Waals surface area contributed by atoms with Crippen molar-refractivity contribution >= 4 is 11.9 Å². The SMILES string of the molecule is O=C1NC(=O)C2(CCN(Cc3ccccc3OCc3ccccn3)C2)N1. The minimum atomic E-state index is -0.791. The second kappa shape index (κ2) is 6.76. The Balaban J connectivity index is 1.43. The van der Waals surface area contributed by atoms with Crippen LogP contribution in [0.1, 0.15) is 17.7 Å². The van der Waals surface area contributed by atoms with Crippen LogP contribution in [0.15, 0.2) is 48.7 Å². The standard InChI is InChI=1S/C19H20N4O3/c24-17-19(22-18(25)21-17)8-10-23(13-19)11-14-5-1-2-7-16(14)26-12-15-6-3-4-9-20-15/h1-7,9H,8,10-13H2,(H2,21,22,24,25). The van der Waals surface area contributed by atoms with Gasteiger partial charge in [-0.05, 0) is 24.6 Å². The number of benzene rings is 1. The lowest BCUT2D eigenvalue weighted by molar-refractivity contribution is -0.123. The summed E-state index contributed by atoms with van der Waals surface area (Å²) in [6.07, 6.45) is 2.36. The van der Waals surface area contributed by atoms with Crippen LogP contribution in [0, 0.1) is 0 Å². The highest BCUT2D eigenvalue weighted by Gasteiger charge is 2.50. The lowest BCUT2D eigenvalue weighted by Crippen LogP contribution is -2.48. The van der Waals surface area contributed by atoms with E-state index in [-0.39, 0.29) is 5.91 Å². The van der Waals surface area contributed by atoms with E-state index in [1.165, 1.54) is 0 Å². The van der Waals surface area contributed by atoms with Gasteiger partial charge in [0.2, 0.25) is 0 Å². The minimum Gasteiger partial charge on any atom is -0.487 e. The predicted molar refractivity (Wildman–Crippen MR) is 94.3 cm³/mol. The summed E-state index contributed by atoms with van der Waals surface area (Å²) in [7, 11) is 0. The van der Waals surface area contributed by atoms with Crippen LogP contribution in [0.2, 0.25) is 0 Å². The number of ether oxygens (including phenoxy) is 1. The fourth-order valence-electron chi connectivity index (χ4n) is 3.49. The van der Waals surface area contributed by atoms with E-state index >= 15 is 0 Å². The molecule has 134 valence electrons. The molecule has 0 bridgehead atoms. The average Bonchev–Trinajstić information content (AvgIpc) is 3.17. The monoisotopic (exact) mass is 352 g/mol. The lowest BCUT2D eigenvalue weighted by atomic mass is 9.99. The van der Waals surface area contributed by atoms with Gasteiger partial charge in [-0.2, -0.15) is 0 Å². The normalized spacial score (nSPS) is 22.5. The molecule has 2 N–H and O–H groups in total. The summed E-state index contributed by atoms with van der Waals surface area (Å²) >= 11 is 0. The highest BCUT2D eigenvalue weighted by atomic mass is 16.5. The molecule has 3 heterocycles. The van der Waals surface area contributed by atoms with E-state index in [4.69, 9.17) is 4.74 Å². The smallest absolute Gasteiger partial charge is 0.322 e. The number of likely N-dealkylation sites (tertiary alicyclic amines) is 1. The second-order valence-electron chi connectivity index (χ2n) is 6.67. The zero-order chi connectivity index (χ0) is 18.0. The number of imide groups is 1. The molecule has 2 aliphatic heterocycles. The fraction of sp³-hybridized carbons (Fsp3) is 0.316. The van der Waals surface area contributed by atoms with Crippen molar-refractivity contribution in [2.24, 2.45) is 0 Å². The molecule has 26 heavy (non-hydrogen) atoms. The topological polar surface area (TPSA) is 83.6 Å². The summed E-state index contributed by atoms with van der Waals surface area (Å²) in [6, 6.07) is 13.2. The van der Waals surface area contributed by atoms with E-state index in [1.54, 1.807) is 6.20 Å². The number of nitrogens with zero attached hydrogens (tertiary/aromatic N) is 2. The molecule has 1 unspecified atom stereocenters. The van der Waals surface area contributed by atoms with E-state index in [2.05, 4.69) is 20.5 Å². The maximum Gasteiger partial charge on any atom is 0.322 e. The molecule has 0 aliphatic carbocycles. The van der Waals surface area contributed by atoms with Crippen molar-refractivity contribution in [3.05, 3.63) is 59.9 Å². The number of pyridine rings is 1. The van der Waals surface area contributed by atoms with Gasteiger partial charge in [0, 0.05) is 31.4 Å². The number of rotatable bonds is 5. The van der Waals surface area contributed by atoms with Crippen LogP contribution in [0.4, 0.5) is 4.79 Å². The molecule has 7 nitrogen and oxygen atoms in total. The summed E-state index contributed by atoms with van der Waals surface area (Å²) in [5, 5.41) is 5.11. The molecule has 1 aromatic carbocycles. The third-order valence-electron chi connectivity index (χ3n) is 4.83. The Kier molecular flexibility index (Phi) is 4.30. The van der Waals surface area contributed by atoms with Crippen LogP contribution >= 0.6 is 0 Å². The summed E-state index contributed by atoms with van der Waals surface area (Å²) in [6.45, 7) is 2.30. The van der Waals surface area contributed by atoms with Gasteiger partial charge in [0.1, 0.15) is 17.9 Å². The maximum atomic E-state index is 12.1. The van der Waals surface area contributed by atoms with Crippen molar-refractivity contribution in [1.29, 1.82) is 0 Å². The van der Waals surface area contributed by atoms with Crippen molar-refractivity contribution in [1.82, 2.24) is 20.5 Å². The number of nitrogens with one attached hydrogen (secondary N) is 2. The second-order valence-corrected chi connectivity index (χ2v) is 6.67. The molecule has 0 radical (unpaired) electrons. The van der Waals surface area contributed by atoms with Crippen LogP contribution in [0.25, 0.3) is 0 Å². The third kappa shape index (κ3) is 3.25. The number of carbonyl (C=O) groups excluding carboxylic acids is 2.